The third kappa shape index (κ3) is 3.54. The van der Waals surface area contributed by atoms with Crippen LogP contribution in [0.1, 0.15) is 29.6 Å². The van der Waals surface area contributed by atoms with Crippen LogP contribution >= 0.6 is 15.9 Å². The maximum absolute atomic E-state index is 12.1. The summed E-state index contributed by atoms with van der Waals surface area (Å²) in [6.07, 6.45) is 2.86. The fourth-order valence-corrected chi connectivity index (χ4v) is 2.46. The van der Waals surface area contributed by atoms with Gasteiger partial charge in [-0.05, 0) is 37.6 Å². The van der Waals surface area contributed by atoms with Crippen molar-refractivity contribution in [3.05, 3.63) is 28.2 Å². The van der Waals surface area contributed by atoms with Crippen LogP contribution in [0.15, 0.2) is 22.7 Å². The van der Waals surface area contributed by atoms with Crippen LogP contribution in [-0.2, 0) is 4.79 Å². The lowest BCUT2D eigenvalue weighted by Crippen LogP contribution is -2.43. The van der Waals surface area contributed by atoms with Crippen LogP contribution in [0.4, 0.5) is 5.69 Å². The third-order valence-electron chi connectivity index (χ3n) is 3.10. The monoisotopic (exact) mass is 326 g/mol. The molecule has 0 saturated carbocycles. The number of carbonyl (C=O) groups is 2. The first-order valence-corrected chi connectivity index (χ1v) is 6.94. The van der Waals surface area contributed by atoms with Gasteiger partial charge < -0.3 is 15.7 Å². The summed E-state index contributed by atoms with van der Waals surface area (Å²) in [4.78, 5) is 23.2. The Morgan fingerprint density at radius 2 is 2.16 bits per heavy atom. The number of amides is 1. The highest BCUT2D eigenvalue weighted by Crippen LogP contribution is 2.22. The van der Waals surface area contributed by atoms with Crippen molar-refractivity contribution >= 4 is 33.5 Å². The molecule has 0 aliphatic carbocycles. The lowest BCUT2D eigenvalue weighted by Gasteiger charge is -2.22. The van der Waals surface area contributed by atoms with Gasteiger partial charge in [0.2, 0.25) is 5.91 Å². The van der Waals surface area contributed by atoms with E-state index < -0.39 is 5.97 Å². The van der Waals surface area contributed by atoms with Crippen LogP contribution in [0, 0.1) is 0 Å². The van der Waals surface area contributed by atoms with Gasteiger partial charge in [0, 0.05) is 4.47 Å². The lowest BCUT2D eigenvalue weighted by atomic mass is 10.0. The molecule has 0 aromatic heterocycles. The summed E-state index contributed by atoms with van der Waals surface area (Å²) >= 11 is 3.27. The largest absolute Gasteiger partial charge is 0.478 e. The Morgan fingerprint density at radius 1 is 1.37 bits per heavy atom. The lowest BCUT2D eigenvalue weighted by molar-refractivity contribution is -0.118. The van der Waals surface area contributed by atoms with E-state index in [1.807, 2.05) is 0 Å². The van der Waals surface area contributed by atoms with Crippen LogP contribution < -0.4 is 10.6 Å². The molecule has 1 fully saturated rings. The normalized spacial score (nSPS) is 18.9. The molecule has 1 amide bonds. The number of anilines is 1. The highest BCUT2D eigenvalue weighted by molar-refractivity contribution is 9.10. The van der Waals surface area contributed by atoms with Crippen LogP contribution in [-0.4, -0.2) is 29.6 Å². The Hall–Kier alpha value is -1.40. The van der Waals surface area contributed by atoms with Crippen LogP contribution in [0.2, 0.25) is 0 Å². The Bertz CT molecular complexity index is 499. The first-order valence-electron chi connectivity index (χ1n) is 6.15. The molecule has 1 heterocycles. The molecule has 0 radical (unpaired) electrons. The number of halogens is 1. The average molecular weight is 327 g/mol. The van der Waals surface area contributed by atoms with Gasteiger partial charge in [0.1, 0.15) is 0 Å². The highest BCUT2D eigenvalue weighted by atomic mass is 79.9. The number of carboxylic acids is 1. The van der Waals surface area contributed by atoms with Crippen LogP contribution in [0.25, 0.3) is 0 Å². The fraction of sp³-hybridized carbons (Fsp3) is 0.385. The maximum Gasteiger partial charge on any atom is 0.337 e. The van der Waals surface area contributed by atoms with E-state index in [0.717, 1.165) is 30.3 Å². The zero-order chi connectivity index (χ0) is 13.8. The highest BCUT2D eigenvalue weighted by Gasteiger charge is 2.22. The number of aromatic carboxylic acids is 1. The summed E-state index contributed by atoms with van der Waals surface area (Å²) in [5.74, 6) is -1.24. The molecule has 0 unspecified atom stereocenters. The van der Waals surface area contributed by atoms with Crippen molar-refractivity contribution in [2.75, 3.05) is 11.9 Å². The van der Waals surface area contributed by atoms with E-state index in [1.165, 1.54) is 6.07 Å². The first-order chi connectivity index (χ1) is 9.08. The van der Waals surface area contributed by atoms with Crippen molar-refractivity contribution in [3.8, 4) is 0 Å². The molecule has 1 saturated heterocycles. The van der Waals surface area contributed by atoms with Gasteiger partial charge in [-0.1, -0.05) is 22.4 Å². The van der Waals surface area contributed by atoms with E-state index in [9.17, 15) is 9.59 Å². The molecule has 2 rings (SSSR count). The van der Waals surface area contributed by atoms with Gasteiger partial charge in [0.15, 0.2) is 0 Å². The molecule has 102 valence electrons. The molecule has 1 aliphatic rings. The van der Waals surface area contributed by atoms with Crippen LogP contribution in [0.5, 0.6) is 0 Å². The number of nitrogens with one attached hydrogen (secondary N) is 2. The molecule has 19 heavy (non-hydrogen) atoms. The van der Waals surface area contributed by atoms with Gasteiger partial charge in [-0.3, -0.25) is 4.79 Å². The summed E-state index contributed by atoms with van der Waals surface area (Å²) < 4.78 is 0.726. The van der Waals surface area contributed by atoms with Gasteiger partial charge in [-0.25, -0.2) is 4.79 Å². The second-order valence-electron chi connectivity index (χ2n) is 4.49. The number of hydrogen-bond acceptors (Lipinski definition) is 3. The Labute approximate surface area is 119 Å². The number of piperidine rings is 1. The minimum atomic E-state index is -1.06. The quantitative estimate of drug-likeness (QED) is 0.795. The van der Waals surface area contributed by atoms with E-state index >= 15 is 0 Å². The number of carboxylic acid groups (broad SMARTS) is 1. The van der Waals surface area contributed by atoms with Crippen molar-refractivity contribution < 1.29 is 14.7 Å². The molecule has 1 aromatic rings. The maximum atomic E-state index is 12.1. The van der Waals surface area contributed by atoms with E-state index in [2.05, 4.69) is 26.6 Å². The summed E-state index contributed by atoms with van der Waals surface area (Å²) in [7, 11) is 0. The number of rotatable bonds is 3. The Balaban J connectivity index is 2.15. The van der Waals surface area contributed by atoms with Gasteiger partial charge in [-0.2, -0.15) is 0 Å². The topological polar surface area (TPSA) is 78.4 Å². The molecule has 0 spiro atoms. The fourth-order valence-electron chi connectivity index (χ4n) is 2.10. The van der Waals surface area contributed by atoms with E-state index in [1.54, 1.807) is 12.1 Å². The van der Waals surface area contributed by atoms with Crippen molar-refractivity contribution in [1.82, 2.24) is 5.32 Å². The smallest absolute Gasteiger partial charge is 0.337 e. The predicted octanol–water partition coefficient (Wildman–Crippen LogP) is 2.23. The van der Waals surface area contributed by atoms with E-state index in [4.69, 9.17) is 5.11 Å². The van der Waals surface area contributed by atoms with Gasteiger partial charge >= 0.3 is 5.97 Å². The van der Waals surface area contributed by atoms with E-state index in [0.29, 0.717) is 5.69 Å². The summed E-state index contributed by atoms with van der Waals surface area (Å²) in [5.41, 5.74) is 0.409. The Morgan fingerprint density at radius 3 is 2.79 bits per heavy atom. The SMILES string of the molecule is O=C(O)c1ccc(Br)cc1NC(=O)[C@@H]1CCCCN1. The molecule has 3 N–H and O–H groups in total. The zero-order valence-electron chi connectivity index (χ0n) is 10.3. The standard InChI is InChI=1S/C13H15BrN2O3/c14-8-4-5-9(13(18)19)11(7-8)16-12(17)10-3-1-2-6-15-10/h4-5,7,10,15H,1-3,6H2,(H,16,17)(H,18,19)/t10-/m0/s1. The number of carbonyl (C=O) groups excluding carboxylic acids is 1. The summed E-state index contributed by atoms with van der Waals surface area (Å²) in [6, 6.07) is 4.47. The molecule has 1 aliphatic heterocycles. The van der Waals surface area contributed by atoms with Gasteiger partial charge in [-0.15, -0.1) is 0 Å². The molecule has 1 atom stereocenters. The molecule has 1 aromatic carbocycles. The molecule has 5 nitrogen and oxygen atoms in total. The summed E-state index contributed by atoms with van der Waals surface area (Å²) in [6.45, 7) is 0.822. The third-order valence-corrected chi connectivity index (χ3v) is 3.59. The number of hydrogen-bond donors (Lipinski definition) is 3. The molecular formula is C13H15BrN2O3. The predicted molar refractivity (Wildman–Crippen MR) is 75.4 cm³/mol. The molecular weight excluding hydrogens is 312 g/mol. The minimum absolute atomic E-state index is 0.0901. The first kappa shape index (κ1) is 14.0. The number of benzene rings is 1. The van der Waals surface area contributed by atoms with Gasteiger partial charge in [0.25, 0.3) is 0 Å². The van der Waals surface area contributed by atoms with Crippen molar-refractivity contribution in [3.63, 3.8) is 0 Å². The van der Waals surface area contributed by atoms with Crippen molar-refractivity contribution in [1.29, 1.82) is 0 Å². The summed E-state index contributed by atoms with van der Waals surface area (Å²) in [5, 5.41) is 14.9. The Kier molecular flexibility index (Phi) is 4.55. The molecule has 6 heteroatoms. The minimum Gasteiger partial charge on any atom is -0.478 e. The zero-order valence-corrected chi connectivity index (χ0v) is 11.9. The second-order valence-corrected chi connectivity index (χ2v) is 5.40. The van der Waals surface area contributed by atoms with Crippen molar-refractivity contribution in [2.45, 2.75) is 25.3 Å². The average Bonchev–Trinajstić information content (AvgIpc) is 2.39. The molecule has 0 bridgehead atoms. The van der Waals surface area contributed by atoms with E-state index in [-0.39, 0.29) is 17.5 Å². The second kappa shape index (κ2) is 6.16. The van der Waals surface area contributed by atoms with Crippen molar-refractivity contribution in [2.24, 2.45) is 0 Å². The van der Waals surface area contributed by atoms with Gasteiger partial charge in [0.05, 0.1) is 17.3 Å². The van der Waals surface area contributed by atoms with Crippen LogP contribution in [0.3, 0.4) is 0 Å².